The van der Waals surface area contributed by atoms with E-state index >= 15 is 0 Å². The molecule has 0 unspecified atom stereocenters. The van der Waals surface area contributed by atoms with E-state index in [0.29, 0.717) is 5.56 Å². The van der Waals surface area contributed by atoms with Crippen LogP contribution in [0.4, 0.5) is 14.5 Å². The Bertz CT molecular complexity index is 744. The van der Waals surface area contributed by atoms with Crippen LogP contribution in [0.15, 0.2) is 36.4 Å². The van der Waals surface area contributed by atoms with Crippen molar-refractivity contribution in [2.75, 3.05) is 5.32 Å². The molecule has 22 heavy (non-hydrogen) atoms. The zero-order chi connectivity index (χ0) is 16.3. The number of Topliss-reactive ketones (excluding diaryl/α,β-unsaturated/α-hetero) is 1. The Morgan fingerprint density at radius 1 is 1.18 bits per heavy atom. The third-order valence-corrected chi connectivity index (χ3v) is 3.08. The van der Waals surface area contributed by atoms with Crippen LogP contribution in [0.2, 0.25) is 0 Å². The van der Waals surface area contributed by atoms with Crippen LogP contribution in [0.25, 0.3) is 0 Å². The number of hydrogen-bond acceptors (Lipinski definition) is 3. The number of benzene rings is 2. The van der Waals surface area contributed by atoms with Crippen molar-refractivity contribution in [3.05, 3.63) is 59.2 Å². The van der Waals surface area contributed by atoms with Crippen molar-refractivity contribution in [1.29, 1.82) is 0 Å². The van der Waals surface area contributed by atoms with Gasteiger partial charge in [0.1, 0.15) is 5.75 Å². The van der Waals surface area contributed by atoms with E-state index in [9.17, 15) is 23.5 Å². The summed E-state index contributed by atoms with van der Waals surface area (Å²) in [5, 5.41) is 12.0. The van der Waals surface area contributed by atoms with Gasteiger partial charge in [0.15, 0.2) is 17.4 Å². The second kappa shape index (κ2) is 6.34. The van der Waals surface area contributed by atoms with Gasteiger partial charge in [-0.05, 0) is 30.3 Å². The molecular weight excluding hydrogens is 292 g/mol. The summed E-state index contributed by atoms with van der Waals surface area (Å²) in [6.07, 6.45) is 0.261. The van der Waals surface area contributed by atoms with Gasteiger partial charge < -0.3 is 10.4 Å². The summed E-state index contributed by atoms with van der Waals surface area (Å²) >= 11 is 0. The third-order valence-electron chi connectivity index (χ3n) is 3.08. The Morgan fingerprint density at radius 3 is 2.59 bits per heavy atom. The van der Waals surface area contributed by atoms with Gasteiger partial charge >= 0.3 is 0 Å². The summed E-state index contributed by atoms with van der Waals surface area (Å²) < 4.78 is 26.7. The maximum absolute atomic E-state index is 13.6. The topological polar surface area (TPSA) is 66.4 Å². The quantitative estimate of drug-likeness (QED) is 0.671. The second-order valence-electron chi connectivity index (χ2n) is 4.56. The minimum Gasteiger partial charge on any atom is -0.506 e. The molecule has 2 rings (SSSR count). The van der Waals surface area contributed by atoms with Crippen molar-refractivity contribution in [3.63, 3.8) is 0 Å². The number of phenolic OH excluding ortho intramolecular Hbond substituents is 1. The van der Waals surface area contributed by atoms with E-state index in [-0.39, 0.29) is 23.6 Å². The van der Waals surface area contributed by atoms with Gasteiger partial charge in [0.05, 0.1) is 11.3 Å². The highest BCUT2D eigenvalue weighted by molar-refractivity contribution is 6.06. The molecule has 0 bridgehead atoms. The molecule has 0 aliphatic rings. The van der Waals surface area contributed by atoms with Gasteiger partial charge in [-0.2, -0.15) is 0 Å². The highest BCUT2D eigenvalue weighted by Gasteiger charge is 2.17. The fraction of sp³-hybridized carbons (Fsp3) is 0.125. The van der Waals surface area contributed by atoms with Gasteiger partial charge in [-0.15, -0.1) is 0 Å². The number of anilines is 1. The lowest BCUT2D eigenvalue weighted by Gasteiger charge is -2.09. The number of hydrogen-bond donors (Lipinski definition) is 2. The predicted octanol–water partition coefficient (Wildman–Crippen LogP) is 3.52. The number of ketones is 1. The SMILES string of the molecule is CCC(=O)c1ccc(O)c(NC(=O)c2cccc(F)c2F)c1. The summed E-state index contributed by atoms with van der Waals surface area (Å²) in [4.78, 5) is 23.6. The standard InChI is InChI=1S/C16H13F2NO3/c1-2-13(20)9-6-7-14(21)12(8-9)19-16(22)10-4-3-5-11(17)15(10)18/h3-8,21H,2H2,1H3,(H,19,22). The van der Waals surface area contributed by atoms with Crippen LogP contribution in [0, 0.1) is 11.6 Å². The van der Waals surface area contributed by atoms with E-state index < -0.39 is 23.1 Å². The Balaban J connectivity index is 2.32. The summed E-state index contributed by atoms with van der Waals surface area (Å²) in [6.45, 7) is 1.68. The van der Waals surface area contributed by atoms with Gasteiger partial charge in [-0.1, -0.05) is 13.0 Å². The lowest BCUT2D eigenvalue weighted by Crippen LogP contribution is -2.15. The first-order valence-electron chi connectivity index (χ1n) is 6.55. The van der Waals surface area contributed by atoms with E-state index in [1.807, 2.05) is 0 Å². The zero-order valence-electron chi connectivity index (χ0n) is 11.7. The zero-order valence-corrected chi connectivity index (χ0v) is 11.7. The van der Waals surface area contributed by atoms with Gasteiger partial charge in [0, 0.05) is 12.0 Å². The molecule has 0 spiro atoms. The number of aromatic hydroxyl groups is 1. The molecule has 0 radical (unpaired) electrons. The molecule has 0 saturated heterocycles. The van der Waals surface area contributed by atoms with Crippen molar-refractivity contribution in [3.8, 4) is 5.75 Å². The molecule has 0 atom stereocenters. The van der Waals surface area contributed by atoms with Gasteiger partial charge in [0.2, 0.25) is 0 Å². The fourth-order valence-corrected chi connectivity index (χ4v) is 1.88. The molecule has 0 heterocycles. The summed E-state index contributed by atoms with van der Waals surface area (Å²) in [5.41, 5.74) is -0.241. The number of rotatable bonds is 4. The van der Waals surface area contributed by atoms with Crippen LogP contribution in [0.1, 0.15) is 34.1 Å². The monoisotopic (exact) mass is 305 g/mol. The summed E-state index contributed by atoms with van der Waals surface area (Å²) in [5.74, 6) is -3.80. The third kappa shape index (κ3) is 3.11. The first-order chi connectivity index (χ1) is 10.4. The smallest absolute Gasteiger partial charge is 0.258 e. The maximum atomic E-state index is 13.6. The van der Waals surface area contributed by atoms with Crippen molar-refractivity contribution >= 4 is 17.4 Å². The molecule has 0 aromatic heterocycles. The van der Waals surface area contributed by atoms with Crippen LogP contribution in [-0.4, -0.2) is 16.8 Å². The molecule has 0 aliphatic heterocycles. The molecule has 2 aromatic rings. The molecule has 6 heteroatoms. The highest BCUT2D eigenvalue weighted by atomic mass is 19.2. The Hall–Kier alpha value is -2.76. The number of carbonyl (C=O) groups excluding carboxylic acids is 2. The number of amides is 1. The van der Waals surface area contributed by atoms with Crippen molar-refractivity contribution in [2.24, 2.45) is 0 Å². The van der Waals surface area contributed by atoms with E-state index in [4.69, 9.17) is 0 Å². The average molecular weight is 305 g/mol. The number of nitrogens with one attached hydrogen (secondary N) is 1. The average Bonchev–Trinajstić information content (AvgIpc) is 2.51. The Morgan fingerprint density at radius 2 is 1.91 bits per heavy atom. The maximum Gasteiger partial charge on any atom is 0.258 e. The summed E-state index contributed by atoms with van der Waals surface area (Å²) in [7, 11) is 0. The summed E-state index contributed by atoms with van der Waals surface area (Å²) in [6, 6.07) is 7.16. The lowest BCUT2D eigenvalue weighted by molar-refractivity contribution is 0.0985. The van der Waals surface area contributed by atoms with Gasteiger partial charge in [0.25, 0.3) is 5.91 Å². The Kier molecular flexibility index (Phi) is 4.50. The van der Waals surface area contributed by atoms with Crippen molar-refractivity contribution in [1.82, 2.24) is 0 Å². The molecule has 114 valence electrons. The van der Waals surface area contributed by atoms with Crippen molar-refractivity contribution < 1.29 is 23.5 Å². The second-order valence-corrected chi connectivity index (χ2v) is 4.56. The highest BCUT2D eigenvalue weighted by Crippen LogP contribution is 2.26. The minimum absolute atomic E-state index is 0.0482. The molecule has 0 saturated carbocycles. The van der Waals surface area contributed by atoms with E-state index in [2.05, 4.69) is 5.32 Å². The number of carbonyl (C=O) groups is 2. The normalized spacial score (nSPS) is 10.3. The van der Waals surface area contributed by atoms with Crippen LogP contribution in [0.3, 0.4) is 0 Å². The fourth-order valence-electron chi connectivity index (χ4n) is 1.88. The number of halogens is 2. The minimum atomic E-state index is -1.28. The molecule has 1 amide bonds. The lowest BCUT2D eigenvalue weighted by atomic mass is 10.1. The number of phenols is 1. The first kappa shape index (κ1) is 15.6. The van der Waals surface area contributed by atoms with E-state index in [0.717, 1.165) is 12.1 Å². The van der Waals surface area contributed by atoms with Crippen LogP contribution in [0.5, 0.6) is 5.75 Å². The van der Waals surface area contributed by atoms with Gasteiger partial charge in [-0.25, -0.2) is 8.78 Å². The van der Waals surface area contributed by atoms with Crippen LogP contribution >= 0.6 is 0 Å². The molecule has 0 aliphatic carbocycles. The largest absolute Gasteiger partial charge is 0.506 e. The van der Waals surface area contributed by atoms with E-state index in [1.165, 1.54) is 24.3 Å². The Labute approximate surface area is 125 Å². The van der Waals surface area contributed by atoms with Gasteiger partial charge in [-0.3, -0.25) is 9.59 Å². The molecular formula is C16H13F2NO3. The van der Waals surface area contributed by atoms with Crippen LogP contribution < -0.4 is 5.32 Å². The molecule has 2 aromatic carbocycles. The van der Waals surface area contributed by atoms with Crippen LogP contribution in [-0.2, 0) is 0 Å². The first-order valence-corrected chi connectivity index (χ1v) is 6.55. The predicted molar refractivity (Wildman–Crippen MR) is 77.0 cm³/mol. The molecule has 2 N–H and O–H groups in total. The molecule has 0 fully saturated rings. The molecule has 4 nitrogen and oxygen atoms in total. The van der Waals surface area contributed by atoms with Crippen molar-refractivity contribution in [2.45, 2.75) is 13.3 Å². The van der Waals surface area contributed by atoms with E-state index in [1.54, 1.807) is 6.92 Å².